The maximum atomic E-state index is 12.6. The molecule has 2 amide bonds. The fraction of sp³-hybridized carbons (Fsp3) is 0.238. The first kappa shape index (κ1) is 22.4. The van der Waals surface area contributed by atoms with Crippen molar-refractivity contribution in [3.63, 3.8) is 0 Å². The maximum Gasteiger partial charge on any atom is 0.408 e. The minimum absolute atomic E-state index is 0.0108. The number of alkyl carbamates (subject to hydrolysis) is 1. The number of nitrogens with one attached hydrogen (secondary N) is 2. The van der Waals surface area contributed by atoms with Crippen molar-refractivity contribution in [2.45, 2.75) is 31.5 Å². The second-order valence-corrected chi connectivity index (χ2v) is 6.45. The third-order valence-electron chi connectivity index (χ3n) is 4.10. The highest BCUT2D eigenvalue weighted by Crippen LogP contribution is 2.06. The number of hydrogen-bond acceptors (Lipinski definition) is 5. The van der Waals surface area contributed by atoms with Crippen LogP contribution in [-0.2, 0) is 32.1 Å². The van der Waals surface area contributed by atoms with Crippen LogP contribution in [0.4, 0.5) is 4.79 Å². The van der Waals surface area contributed by atoms with E-state index in [0.29, 0.717) is 5.56 Å². The fourth-order valence-corrected chi connectivity index (χ4v) is 2.61. The van der Waals surface area contributed by atoms with E-state index in [4.69, 9.17) is 14.9 Å². The summed E-state index contributed by atoms with van der Waals surface area (Å²) in [5.74, 6) is -3.70. The van der Waals surface area contributed by atoms with Gasteiger partial charge in [-0.2, -0.15) is 0 Å². The molecule has 0 bridgehead atoms. The molecule has 158 valence electrons. The average molecular weight is 414 g/mol. The number of amides is 2. The summed E-state index contributed by atoms with van der Waals surface area (Å²) in [6.07, 6.45) is -1.59. The van der Waals surface area contributed by atoms with Crippen LogP contribution in [0.2, 0.25) is 0 Å². The largest absolute Gasteiger partial charge is 0.481 e. The lowest BCUT2D eigenvalue weighted by molar-refractivity contribution is -0.147. The zero-order valence-electron chi connectivity index (χ0n) is 16.0. The van der Waals surface area contributed by atoms with E-state index in [1.807, 2.05) is 6.07 Å². The minimum atomic E-state index is -1.63. The highest BCUT2D eigenvalue weighted by Gasteiger charge is 2.28. The van der Waals surface area contributed by atoms with E-state index in [0.717, 1.165) is 5.56 Å². The molecule has 2 atom stereocenters. The fourth-order valence-electron chi connectivity index (χ4n) is 2.61. The van der Waals surface area contributed by atoms with E-state index in [-0.39, 0.29) is 13.0 Å². The Bertz CT molecular complexity index is 871. The molecule has 0 unspecified atom stereocenters. The number of rotatable bonds is 10. The predicted molar refractivity (Wildman–Crippen MR) is 106 cm³/mol. The quantitative estimate of drug-likeness (QED) is 0.462. The van der Waals surface area contributed by atoms with Gasteiger partial charge in [-0.1, -0.05) is 60.7 Å². The van der Waals surface area contributed by atoms with E-state index in [2.05, 4.69) is 10.6 Å². The summed E-state index contributed by atoms with van der Waals surface area (Å²) in [4.78, 5) is 46.9. The third kappa shape index (κ3) is 7.63. The van der Waals surface area contributed by atoms with Crippen molar-refractivity contribution >= 4 is 23.9 Å². The van der Waals surface area contributed by atoms with Gasteiger partial charge < -0.3 is 25.6 Å². The lowest BCUT2D eigenvalue weighted by atomic mass is 10.0. The molecule has 0 saturated heterocycles. The minimum Gasteiger partial charge on any atom is -0.481 e. The molecule has 0 spiro atoms. The molecule has 0 aliphatic heterocycles. The normalized spacial score (nSPS) is 12.3. The van der Waals surface area contributed by atoms with Crippen molar-refractivity contribution in [3.8, 4) is 0 Å². The second-order valence-electron chi connectivity index (χ2n) is 6.45. The Morgan fingerprint density at radius 2 is 1.37 bits per heavy atom. The lowest BCUT2D eigenvalue weighted by Crippen LogP contribution is -2.53. The number of hydrogen-bond donors (Lipinski definition) is 4. The van der Waals surface area contributed by atoms with Gasteiger partial charge in [0.15, 0.2) is 0 Å². The zero-order chi connectivity index (χ0) is 21.9. The summed E-state index contributed by atoms with van der Waals surface area (Å²) in [7, 11) is 0. The molecule has 0 fully saturated rings. The van der Waals surface area contributed by atoms with Crippen LogP contribution in [0.3, 0.4) is 0 Å². The van der Waals surface area contributed by atoms with Gasteiger partial charge in [0.2, 0.25) is 5.91 Å². The molecule has 9 heteroatoms. The first-order chi connectivity index (χ1) is 14.3. The molecule has 2 rings (SSSR count). The predicted octanol–water partition coefficient (Wildman–Crippen LogP) is 1.57. The van der Waals surface area contributed by atoms with Crippen molar-refractivity contribution in [1.82, 2.24) is 10.6 Å². The van der Waals surface area contributed by atoms with Gasteiger partial charge in [-0.3, -0.25) is 9.59 Å². The molecular formula is C21H22N2O7. The van der Waals surface area contributed by atoms with Gasteiger partial charge in [0.1, 0.15) is 18.7 Å². The van der Waals surface area contributed by atoms with Crippen LogP contribution >= 0.6 is 0 Å². The topological polar surface area (TPSA) is 142 Å². The number of aliphatic carboxylic acids is 2. The molecule has 4 N–H and O–H groups in total. The molecule has 0 heterocycles. The van der Waals surface area contributed by atoms with Gasteiger partial charge in [0, 0.05) is 6.42 Å². The van der Waals surface area contributed by atoms with Crippen molar-refractivity contribution in [3.05, 3.63) is 71.8 Å². The smallest absolute Gasteiger partial charge is 0.408 e. The van der Waals surface area contributed by atoms with E-state index in [1.165, 1.54) is 0 Å². The van der Waals surface area contributed by atoms with E-state index in [9.17, 15) is 19.2 Å². The average Bonchev–Trinajstić information content (AvgIpc) is 2.72. The zero-order valence-corrected chi connectivity index (χ0v) is 16.0. The van der Waals surface area contributed by atoms with Crippen molar-refractivity contribution in [1.29, 1.82) is 0 Å². The van der Waals surface area contributed by atoms with Gasteiger partial charge in [0.05, 0.1) is 6.42 Å². The van der Waals surface area contributed by atoms with Crippen LogP contribution < -0.4 is 10.6 Å². The lowest BCUT2D eigenvalue weighted by Gasteiger charge is -2.21. The highest BCUT2D eigenvalue weighted by molar-refractivity contribution is 5.91. The molecule has 0 aromatic heterocycles. The number of carbonyl (C=O) groups excluding carboxylic acids is 2. The van der Waals surface area contributed by atoms with Gasteiger partial charge >= 0.3 is 18.0 Å². The van der Waals surface area contributed by atoms with E-state index >= 15 is 0 Å². The van der Waals surface area contributed by atoms with Gasteiger partial charge in [-0.25, -0.2) is 9.59 Å². The monoisotopic (exact) mass is 414 g/mol. The Kier molecular flexibility index (Phi) is 8.37. The molecule has 9 nitrogen and oxygen atoms in total. The van der Waals surface area contributed by atoms with Crippen LogP contribution in [0.5, 0.6) is 0 Å². The molecule has 2 aromatic carbocycles. The summed E-state index contributed by atoms with van der Waals surface area (Å²) >= 11 is 0. The summed E-state index contributed by atoms with van der Waals surface area (Å²) in [5, 5.41) is 22.6. The van der Waals surface area contributed by atoms with Gasteiger partial charge in [0.25, 0.3) is 0 Å². The summed E-state index contributed by atoms with van der Waals surface area (Å²) in [6, 6.07) is 14.9. The molecule has 30 heavy (non-hydrogen) atoms. The van der Waals surface area contributed by atoms with Gasteiger partial charge in [-0.05, 0) is 11.1 Å². The van der Waals surface area contributed by atoms with Gasteiger partial charge in [-0.15, -0.1) is 0 Å². The standard InChI is InChI=1S/C21H22N2O7/c24-18(25)12-17(20(27)28)22-19(26)16(11-14-7-3-1-4-8-14)23-21(29)30-13-15-9-5-2-6-10-15/h1-10,16-17H,11-13H2,(H,22,26)(H,23,29)(H,24,25)(H,27,28)/t16-,17-/m0/s1. The molecular weight excluding hydrogens is 392 g/mol. The first-order valence-electron chi connectivity index (χ1n) is 9.11. The van der Waals surface area contributed by atoms with Crippen LogP contribution in [0.25, 0.3) is 0 Å². The Balaban J connectivity index is 2.06. The summed E-state index contributed by atoms with van der Waals surface area (Å²) < 4.78 is 5.12. The Labute approximate surface area is 172 Å². The highest BCUT2D eigenvalue weighted by atomic mass is 16.5. The number of ether oxygens (including phenoxy) is 1. The molecule has 0 aliphatic carbocycles. The van der Waals surface area contributed by atoms with E-state index < -0.39 is 42.4 Å². The Morgan fingerprint density at radius 3 is 1.90 bits per heavy atom. The molecule has 0 saturated carbocycles. The number of carbonyl (C=O) groups is 4. The van der Waals surface area contributed by atoms with E-state index in [1.54, 1.807) is 54.6 Å². The number of carboxylic acid groups (broad SMARTS) is 2. The summed E-state index contributed by atoms with van der Waals surface area (Å²) in [5.41, 5.74) is 1.47. The Morgan fingerprint density at radius 1 is 0.800 bits per heavy atom. The molecule has 2 aromatic rings. The van der Waals surface area contributed by atoms with Crippen LogP contribution in [0, 0.1) is 0 Å². The van der Waals surface area contributed by atoms with Crippen LogP contribution in [-0.4, -0.2) is 46.2 Å². The van der Waals surface area contributed by atoms with Crippen LogP contribution in [0.15, 0.2) is 60.7 Å². The number of benzene rings is 2. The Hall–Kier alpha value is -3.88. The molecule has 0 radical (unpaired) electrons. The first-order valence-corrected chi connectivity index (χ1v) is 9.11. The van der Waals surface area contributed by atoms with Crippen molar-refractivity contribution < 1.29 is 34.1 Å². The SMILES string of the molecule is O=C(O)C[C@H](NC(=O)[C@H](Cc1ccccc1)NC(=O)OCc1ccccc1)C(=O)O. The maximum absolute atomic E-state index is 12.6. The number of carboxylic acids is 2. The second kappa shape index (κ2) is 11.2. The van der Waals surface area contributed by atoms with Crippen molar-refractivity contribution in [2.75, 3.05) is 0 Å². The molecule has 0 aliphatic rings. The van der Waals surface area contributed by atoms with Crippen LogP contribution in [0.1, 0.15) is 17.5 Å². The van der Waals surface area contributed by atoms with Crippen molar-refractivity contribution in [2.24, 2.45) is 0 Å². The third-order valence-corrected chi connectivity index (χ3v) is 4.10. The summed E-state index contributed by atoms with van der Waals surface area (Å²) in [6.45, 7) is -0.0108.